The first-order chi connectivity index (χ1) is 10.1. The standard InChI is InChI=1S/C17H25N3O/c1-5-9-18-17(16-11-20(4)12-19-16)14-7-6-8-15(10-14)21-13(2)3/h6-8,10-13,17-18H,5,9H2,1-4H3. The zero-order chi connectivity index (χ0) is 15.2. The van der Waals surface area contributed by atoms with Crippen molar-refractivity contribution in [3.8, 4) is 5.75 Å². The quantitative estimate of drug-likeness (QED) is 0.849. The Morgan fingerprint density at radius 3 is 2.76 bits per heavy atom. The van der Waals surface area contributed by atoms with Crippen molar-refractivity contribution in [1.29, 1.82) is 0 Å². The lowest BCUT2D eigenvalue weighted by molar-refractivity contribution is 0.242. The molecule has 4 nitrogen and oxygen atoms in total. The van der Waals surface area contributed by atoms with Crippen LogP contribution in [0, 0.1) is 0 Å². The third kappa shape index (κ3) is 4.33. The monoisotopic (exact) mass is 287 g/mol. The molecule has 0 aliphatic rings. The SMILES string of the molecule is CCCNC(c1cccc(OC(C)C)c1)c1cn(C)cn1. The van der Waals surface area contributed by atoms with Gasteiger partial charge < -0.3 is 14.6 Å². The van der Waals surface area contributed by atoms with Crippen LogP contribution in [0.3, 0.4) is 0 Å². The summed E-state index contributed by atoms with van der Waals surface area (Å²) < 4.78 is 7.77. The van der Waals surface area contributed by atoms with Crippen molar-refractivity contribution in [2.24, 2.45) is 7.05 Å². The van der Waals surface area contributed by atoms with Gasteiger partial charge in [0.15, 0.2) is 0 Å². The summed E-state index contributed by atoms with van der Waals surface area (Å²) in [6.45, 7) is 7.20. The highest BCUT2D eigenvalue weighted by Crippen LogP contribution is 2.24. The molecule has 2 rings (SSSR count). The molecule has 114 valence electrons. The molecule has 0 radical (unpaired) electrons. The van der Waals surface area contributed by atoms with Crippen LogP contribution in [0.15, 0.2) is 36.8 Å². The smallest absolute Gasteiger partial charge is 0.120 e. The van der Waals surface area contributed by atoms with Crippen molar-refractivity contribution >= 4 is 0 Å². The predicted molar refractivity (Wildman–Crippen MR) is 85.6 cm³/mol. The molecule has 21 heavy (non-hydrogen) atoms. The lowest BCUT2D eigenvalue weighted by Crippen LogP contribution is -2.23. The van der Waals surface area contributed by atoms with Gasteiger partial charge >= 0.3 is 0 Å². The molecule has 1 unspecified atom stereocenters. The van der Waals surface area contributed by atoms with Crippen molar-refractivity contribution in [3.63, 3.8) is 0 Å². The van der Waals surface area contributed by atoms with Crippen LogP contribution in [0.25, 0.3) is 0 Å². The second-order valence-electron chi connectivity index (χ2n) is 5.59. The first-order valence-electron chi connectivity index (χ1n) is 7.58. The van der Waals surface area contributed by atoms with Crippen molar-refractivity contribution in [3.05, 3.63) is 48.0 Å². The maximum absolute atomic E-state index is 5.80. The van der Waals surface area contributed by atoms with Crippen molar-refractivity contribution in [2.45, 2.75) is 39.3 Å². The number of aryl methyl sites for hydroxylation is 1. The summed E-state index contributed by atoms with van der Waals surface area (Å²) in [7, 11) is 1.99. The molecule has 1 atom stereocenters. The van der Waals surface area contributed by atoms with Gasteiger partial charge in [-0.15, -0.1) is 0 Å². The topological polar surface area (TPSA) is 39.1 Å². The van der Waals surface area contributed by atoms with E-state index >= 15 is 0 Å². The Bertz CT molecular complexity index is 563. The van der Waals surface area contributed by atoms with Gasteiger partial charge in [-0.2, -0.15) is 0 Å². The molecule has 4 heteroatoms. The molecule has 0 aliphatic heterocycles. The van der Waals surface area contributed by atoms with Gasteiger partial charge in [0.1, 0.15) is 5.75 Å². The highest BCUT2D eigenvalue weighted by Gasteiger charge is 2.16. The lowest BCUT2D eigenvalue weighted by atomic mass is 10.0. The number of imidazole rings is 1. The summed E-state index contributed by atoms with van der Waals surface area (Å²) >= 11 is 0. The Morgan fingerprint density at radius 1 is 1.33 bits per heavy atom. The van der Waals surface area contributed by atoms with E-state index in [1.807, 2.05) is 43.9 Å². The number of hydrogen-bond acceptors (Lipinski definition) is 3. The van der Waals surface area contributed by atoms with Crippen LogP contribution >= 0.6 is 0 Å². The summed E-state index contributed by atoms with van der Waals surface area (Å²) in [6.07, 6.45) is 5.16. The summed E-state index contributed by atoms with van der Waals surface area (Å²) in [5, 5.41) is 3.56. The number of rotatable bonds is 7. The minimum Gasteiger partial charge on any atom is -0.491 e. The predicted octanol–water partition coefficient (Wildman–Crippen LogP) is 3.30. The molecular weight excluding hydrogens is 262 g/mol. The van der Waals surface area contributed by atoms with Crippen LogP contribution in [-0.4, -0.2) is 22.2 Å². The number of benzene rings is 1. The van der Waals surface area contributed by atoms with Gasteiger partial charge in [0.25, 0.3) is 0 Å². The van der Waals surface area contributed by atoms with Gasteiger partial charge in [-0.1, -0.05) is 19.1 Å². The van der Waals surface area contributed by atoms with Gasteiger partial charge in [-0.05, 0) is 44.5 Å². The maximum atomic E-state index is 5.80. The van der Waals surface area contributed by atoms with E-state index in [4.69, 9.17) is 4.74 Å². The zero-order valence-corrected chi connectivity index (χ0v) is 13.3. The van der Waals surface area contributed by atoms with Crippen LogP contribution in [0.2, 0.25) is 0 Å². The Hall–Kier alpha value is -1.81. The molecule has 1 aromatic heterocycles. The van der Waals surface area contributed by atoms with E-state index in [2.05, 4.69) is 35.6 Å². The molecule has 0 fully saturated rings. The Balaban J connectivity index is 2.27. The van der Waals surface area contributed by atoms with Gasteiger partial charge in [-0.3, -0.25) is 0 Å². The van der Waals surface area contributed by atoms with Crippen molar-refractivity contribution < 1.29 is 4.74 Å². The molecule has 0 amide bonds. The zero-order valence-electron chi connectivity index (χ0n) is 13.3. The van der Waals surface area contributed by atoms with Crippen molar-refractivity contribution in [1.82, 2.24) is 14.9 Å². The van der Waals surface area contributed by atoms with E-state index in [1.54, 1.807) is 0 Å². The molecule has 0 saturated heterocycles. The van der Waals surface area contributed by atoms with E-state index < -0.39 is 0 Å². The number of nitrogens with zero attached hydrogens (tertiary/aromatic N) is 2. The number of aromatic nitrogens is 2. The fourth-order valence-electron chi connectivity index (χ4n) is 2.30. The lowest BCUT2D eigenvalue weighted by Gasteiger charge is -2.18. The molecular formula is C17H25N3O. The van der Waals surface area contributed by atoms with Gasteiger partial charge in [-0.25, -0.2) is 4.98 Å². The van der Waals surface area contributed by atoms with Crippen LogP contribution in [0.5, 0.6) is 5.75 Å². The van der Waals surface area contributed by atoms with E-state index in [0.717, 1.165) is 24.4 Å². The van der Waals surface area contributed by atoms with Gasteiger partial charge in [0.05, 0.1) is 24.2 Å². The Labute approximate surface area is 127 Å². The number of nitrogens with one attached hydrogen (secondary N) is 1. The van der Waals surface area contributed by atoms with E-state index in [1.165, 1.54) is 5.56 Å². The van der Waals surface area contributed by atoms with Gasteiger partial charge in [0.2, 0.25) is 0 Å². The average Bonchev–Trinajstić information content (AvgIpc) is 2.85. The van der Waals surface area contributed by atoms with Crippen LogP contribution in [0.4, 0.5) is 0 Å². The highest BCUT2D eigenvalue weighted by atomic mass is 16.5. The molecule has 1 N–H and O–H groups in total. The summed E-state index contributed by atoms with van der Waals surface area (Å²) in [4.78, 5) is 4.50. The normalized spacial score (nSPS) is 12.6. The van der Waals surface area contributed by atoms with E-state index in [9.17, 15) is 0 Å². The van der Waals surface area contributed by atoms with Crippen LogP contribution < -0.4 is 10.1 Å². The first-order valence-corrected chi connectivity index (χ1v) is 7.58. The fourth-order valence-corrected chi connectivity index (χ4v) is 2.30. The second kappa shape index (κ2) is 7.27. The largest absolute Gasteiger partial charge is 0.491 e. The fraction of sp³-hybridized carbons (Fsp3) is 0.471. The first kappa shape index (κ1) is 15.6. The van der Waals surface area contributed by atoms with Crippen LogP contribution in [0.1, 0.15) is 44.5 Å². The minimum atomic E-state index is 0.0989. The van der Waals surface area contributed by atoms with Crippen molar-refractivity contribution in [2.75, 3.05) is 6.54 Å². The van der Waals surface area contributed by atoms with Crippen LogP contribution in [-0.2, 0) is 7.05 Å². The molecule has 1 aromatic carbocycles. The third-order valence-corrected chi connectivity index (χ3v) is 3.18. The molecule has 2 aromatic rings. The molecule has 0 saturated carbocycles. The molecule has 0 spiro atoms. The second-order valence-corrected chi connectivity index (χ2v) is 5.59. The van der Waals surface area contributed by atoms with E-state index in [0.29, 0.717) is 0 Å². The Kier molecular flexibility index (Phi) is 5.39. The number of hydrogen-bond donors (Lipinski definition) is 1. The maximum Gasteiger partial charge on any atom is 0.120 e. The van der Waals surface area contributed by atoms with E-state index in [-0.39, 0.29) is 12.1 Å². The Morgan fingerprint density at radius 2 is 2.14 bits per heavy atom. The minimum absolute atomic E-state index is 0.0989. The molecule has 1 heterocycles. The molecule has 0 bridgehead atoms. The average molecular weight is 287 g/mol. The highest BCUT2D eigenvalue weighted by molar-refractivity contribution is 5.34. The summed E-state index contributed by atoms with van der Waals surface area (Å²) in [6, 6.07) is 8.36. The number of ether oxygens (including phenoxy) is 1. The molecule has 0 aliphatic carbocycles. The van der Waals surface area contributed by atoms with Gasteiger partial charge in [0, 0.05) is 13.2 Å². The summed E-state index contributed by atoms with van der Waals surface area (Å²) in [5.74, 6) is 0.904. The third-order valence-electron chi connectivity index (χ3n) is 3.18. The summed E-state index contributed by atoms with van der Waals surface area (Å²) in [5.41, 5.74) is 2.22.